The number of nitrogens with one attached hydrogen (secondary N) is 4. The zero-order valence-electron chi connectivity index (χ0n) is 46.9. The molecule has 0 aromatic heterocycles. The quantitative estimate of drug-likeness (QED) is 0.0249. The Hall–Kier alpha value is -3.13. The Morgan fingerprint density at radius 2 is 0.706 bits per heavy atom. The fraction of sp³-hybridized carbons (Fsp3) is 0.574. The SMILES string of the molecule is NC(=O)CNC(=O)CN(CCN(CCN(CC(=O)O)CC(=O)NCC(=O)N(c1c(I)cc(I)c(C(=O)NCCCCCCCCCCC(=O)O)c1I)c1c(I)cc(I)c(C(=O)NCCCCCCCCCCC(=O)O)c1I)CC(=O)O)CC(=O)O. The normalized spacial score (nSPS) is 11.2. The summed E-state index contributed by atoms with van der Waals surface area (Å²) in [5, 5.41) is 57.7. The van der Waals surface area contributed by atoms with Gasteiger partial charge in [-0.1, -0.05) is 77.0 Å². The summed E-state index contributed by atoms with van der Waals surface area (Å²) in [5.41, 5.74) is 6.29. The number of hydrogen-bond donors (Lipinski definition) is 10. The summed E-state index contributed by atoms with van der Waals surface area (Å²) in [5.74, 6) is -9.22. The molecule has 0 bridgehead atoms. The summed E-state index contributed by atoms with van der Waals surface area (Å²) in [6.45, 7) is -3.86. The molecule has 0 radical (unpaired) electrons. The van der Waals surface area contributed by atoms with Crippen molar-refractivity contribution in [1.82, 2.24) is 36.0 Å². The summed E-state index contributed by atoms with van der Waals surface area (Å²) in [6.07, 6.45) is 14.3. The first-order valence-corrected chi connectivity index (χ1v) is 34.0. The molecule has 0 fully saturated rings. The van der Waals surface area contributed by atoms with Crippen LogP contribution in [-0.2, 0) is 43.2 Å². The Morgan fingerprint density at radius 1 is 0.388 bits per heavy atom. The van der Waals surface area contributed by atoms with E-state index in [2.05, 4.69) is 112 Å². The van der Waals surface area contributed by atoms with E-state index in [0.29, 0.717) is 82.7 Å². The maximum atomic E-state index is 15.1. The first-order valence-electron chi connectivity index (χ1n) is 27.6. The number of carbonyl (C=O) groups excluding carboxylic acids is 6. The highest BCUT2D eigenvalue weighted by Crippen LogP contribution is 2.43. The number of primary amides is 1. The molecule has 0 saturated heterocycles. The third-order valence-electron chi connectivity index (χ3n) is 12.8. The molecule has 2 aromatic carbocycles. The number of rotatable bonds is 46. The average Bonchev–Trinajstić information content (AvgIpc) is 1.05. The summed E-state index contributed by atoms with van der Waals surface area (Å²) in [7, 11) is 0. The van der Waals surface area contributed by atoms with Crippen LogP contribution in [0.5, 0.6) is 0 Å². The number of hydrogen-bond acceptors (Lipinski definition) is 14. The third-order valence-corrected chi connectivity index (χ3v) is 18.3. The van der Waals surface area contributed by atoms with Crippen LogP contribution in [-0.4, -0.2) is 191 Å². The second-order valence-corrected chi connectivity index (χ2v) is 26.6. The zero-order chi connectivity index (χ0) is 63.6. The van der Waals surface area contributed by atoms with Crippen molar-refractivity contribution < 1.29 is 78.3 Å². The fourth-order valence-electron chi connectivity index (χ4n) is 8.65. The minimum atomic E-state index is -1.32. The number of nitrogens with zero attached hydrogens (tertiary/aromatic N) is 4. The molecule has 0 heterocycles. The van der Waals surface area contributed by atoms with Gasteiger partial charge in [-0.2, -0.15) is 0 Å². The van der Waals surface area contributed by atoms with E-state index >= 15 is 4.79 Å². The van der Waals surface area contributed by atoms with Gasteiger partial charge in [0.25, 0.3) is 17.7 Å². The third kappa shape index (κ3) is 32.3. The smallest absolute Gasteiger partial charge is 0.317 e. The molecular weight excluding hydrogens is 1790 g/mol. The Morgan fingerprint density at radius 3 is 1.05 bits per heavy atom. The molecule has 6 amide bonds. The minimum absolute atomic E-state index is 0.110. The number of amides is 6. The number of carbonyl (C=O) groups is 11. The number of carboxylic acids is 5. The Balaban J connectivity index is 2.46. The number of benzene rings is 2. The summed E-state index contributed by atoms with van der Waals surface area (Å²) in [4.78, 5) is 143. The van der Waals surface area contributed by atoms with Crippen LogP contribution in [0.15, 0.2) is 12.1 Å². The average molecular weight is 1870 g/mol. The van der Waals surface area contributed by atoms with Gasteiger partial charge in [-0.3, -0.25) is 72.3 Å². The van der Waals surface area contributed by atoms with Crippen molar-refractivity contribution in [3.05, 3.63) is 44.7 Å². The van der Waals surface area contributed by atoms with Crippen LogP contribution in [0.25, 0.3) is 0 Å². The molecule has 31 heteroatoms. The molecular formula is C54H75I6N9O16. The van der Waals surface area contributed by atoms with Crippen LogP contribution < -0.4 is 31.9 Å². The first kappa shape index (κ1) is 78.0. The number of halogens is 6. The van der Waals surface area contributed by atoms with Crippen LogP contribution in [0.4, 0.5) is 11.4 Å². The van der Waals surface area contributed by atoms with Crippen molar-refractivity contribution in [3.63, 3.8) is 0 Å². The molecule has 0 unspecified atom stereocenters. The van der Waals surface area contributed by atoms with E-state index in [0.717, 1.165) is 77.0 Å². The number of carboxylic acid groups (broad SMARTS) is 5. The van der Waals surface area contributed by atoms with Crippen molar-refractivity contribution in [2.45, 2.75) is 116 Å². The van der Waals surface area contributed by atoms with Crippen LogP contribution >= 0.6 is 136 Å². The number of nitrogens with two attached hydrogens (primary N) is 1. The molecule has 85 heavy (non-hydrogen) atoms. The highest BCUT2D eigenvalue weighted by Gasteiger charge is 2.33. The molecule has 0 aliphatic heterocycles. The monoisotopic (exact) mass is 1870 g/mol. The molecule has 11 N–H and O–H groups in total. The van der Waals surface area contributed by atoms with E-state index in [1.807, 2.05) is 45.2 Å². The molecule has 0 saturated carbocycles. The van der Waals surface area contributed by atoms with Gasteiger partial charge in [0.1, 0.15) is 0 Å². The summed E-state index contributed by atoms with van der Waals surface area (Å²) < 4.78 is 3.11. The van der Waals surface area contributed by atoms with Gasteiger partial charge in [-0.05, 0) is 173 Å². The topological polar surface area (TPSA) is 376 Å². The molecule has 0 spiro atoms. The molecule has 2 aromatic rings. The van der Waals surface area contributed by atoms with E-state index in [1.54, 1.807) is 12.1 Å². The molecule has 0 aliphatic rings. The predicted octanol–water partition coefficient (Wildman–Crippen LogP) is 6.51. The second kappa shape index (κ2) is 43.5. The standard InChI is InChI=1S/C54H75I6N9O16/c55-34-25-36(57)51(49(59)47(34)53(84)62-19-15-11-7-3-1-5-9-13-17-42(74)75)69(52-37(58)26-35(56)48(50(52)60)54(85)63-20-16-12-8-4-2-6-10-14-18-43(76)77)41(73)28-65-40(72)30-68(33-46(82)83)24-22-66(31-44(78)79)21-23-67(32-45(80)81)29-39(71)64-27-38(61)70/h25-26H,1-24,27-33H2,(H2,61,70)(H,62,84)(H,63,85)(H,64,71)(H,65,72)(H,74,75)(H,76,77)(H,78,79)(H,80,81)(H,82,83). The molecule has 474 valence electrons. The Kier molecular flexibility index (Phi) is 39.9. The zero-order valence-corrected chi connectivity index (χ0v) is 59.9. The van der Waals surface area contributed by atoms with Gasteiger partial charge in [0.2, 0.25) is 17.7 Å². The highest BCUT2D eigenvalue weighted by atomic mass is 127. The van der Waals surface area contributed by atoms with Gasteiger partial charge >= 0.3 is 29.8 Å². The van der Waals surface area contributed by atoms with Crippen LogP contribution in [0.2, 0.25) is 0 Å². The van der Waals surface area contributed by atoms with E-state index in [-0.39, 0.29) is 50.8 Å². The minimum Gasteiger partial charge on any atom is -0.481 e. The summed E-state index contributed by atoms with van der Waals surface area (Å²) in [6, 6.07) is 3.51. The van der Waals surface area contributed by atoms with E-state index in [9.17, 15) is 63.3 Å². The van der Waals surface area contributed by atoms with Gasteiger partial charge in [-0.25, -0.2) is 0 Å². The highest BCUT2D eigenvalue weighted by molar-refractivity contribution is 14.1. The lowest BCUT2D eigenvalue weighted by Gasteiger charge is -2.30. The van der Waals surface area contributed by atoms with Crippen molar-refractivity contribution in [2.24, 2.45) is 5.73 Å². The lowest BCUT2D eigenvalue weighted by molar-refractivity contribution is -0.141. The lowest BCUT2D eigenvalue weighted by Crippen LogP contribution is -2.48. The van der Waals surface area contributed by atoms with Gasteiger partial charge in [-0.15, -0.1) is 0 Å². The predicted molar refractivity (Wildman–Crippen MR) is 367 cm³/mol. The number of anilines is 2. The fourth-order valence-corrected chi connectivity index (χ4v) is 17.3. The molecule has 0 aliphatic carbocycles. The van der Waals surface area contributed by atoms with Crippen LogP contribution in [0.3, 0.4) is 0 Å². The van der Waals surface area contributed by atoms with Crippen molar-refractivity contribution in [1.29, 1.82) is 0 Å². The first-order chi connectivity index (χ1) is 40.2. The number of unbranched alkanes of at least 4 members (excludes halogenated alkanes) is 14. The molecule has 25 nitrogen and oxygen atoms in total. The van der Waals surface area contributed by atoms with Gasteiger partial charge in [0, 0.05) is 66.4 Å². The van der Waals surface area contributed by atoms with Crippen LogP contribution in [0, 0.1) is 21.4 Å². The lowest BCUT2D eigenvalue weighted by atomic mass is 10.1. The Labute approximate surface area is 576 Å². The van der Waals surface area contributed by atoms with Crippen LogP contribution in [0.1, 0.15) is 136 Å². The second-order valence-electron chi connectivity index (χ2n) is 19.8. The molecule has 0 atom stereocenters. The van der Waals surface area contributed by atoms with E-state index < -0.39 is 99.3 Å². The maximum absolute atomic E-state index is 15.1. The number of aliphatic carboxylic acids is 5. The summed E-state index contributed by atoms with van der Waals surface area (Å²) >= 11 is 12.4. The van der Waals surface area contributed by atoms with E-state index in [4.69, 9.17) is 15.9 Å². The van der Waals surface area contributed by atoms with Crippen molar-refractivity contribution in [3.8, 4) is 0 Å². The van der Waals surface area contributed by atoms with Gasteiger partial charge < -0.3 is 52.5 Å². The van der Waals surface area contributed by atoms with Gasteiger partial charge in [0.05, 0.1) is 75.5 Å². The molecule has 2 rings (SSSR count). The Bertz CT molecular complexity index is 2530. The largest absolute Gasteiger partial charge is 0.481 e. The maximum Gasteiger partial charge on any atom is 0.317 e. The van der Waals surface area contributed by atoms with E-state index in [1.165, 1.54) is 19.6 Å². The van der Waals surface area contributed by atoms with Gasteiger partial charge in [0.15, 0.2) is 0 Å². The van der Waals surface area contributed by atoms with Crippen molar-refractivity contribution >= 4 is 212 Å². The van der Waals surface area contributed by atoms with Crippen molar-refractivity contribution in [2.75, 3.05) is 90.0 Å².